The van der Waals surface area contributed by atoms with Crippen molar-refractivity contribution in [3.05, 3.63) is 23.3 Å². The number of fused-ring (bicyclic) bond motifs is 2. The first-order valence-electron chi connectivity index (χ1n) is 5.58. The first-order valence-corrected chi connectivity index (χ1v) is 5.58. The lowest BCUT2D eigenvalue weighted by molar-refractivity contribution is 0.392. The topological polar surface area (TPSA) is 24.4 Å². The predicted octanol–water partition coefficient (Wildman–Crippen LogP) is 1.70. The second-order valence-electron chi connectivity index (χ2n) is 4.39. The van der Waals surface area contributed by atoms with Gasteiger partial charge in [-0.1, -0.05) is 6.08 Å². The molecule has 3 rings (SSSR count). The van der Waals surface area contributed by atoms with Crippen molar-refractivity contribution in [2.45, 2.75) is 25.3 Å². The summed E-state index contributed by atoms with van der Waals surface area (Å²) < 4.78 is 0. The van der Waals surface area contributed by atoms with Crippen LogP contribution in [-0.4, -0.2) is 25.3 Å². The molecule has 1 saturated heterocycles. The molecule has 2 heterocycles. The third-order valence-corrected chi connectivity index (χ3v) is 3.62. The predicted molar refractivity (Wildman–Crippen MR) is 58.7 cm³/mol. The summed E-state index contributed by atoms with van der Waals surface area (Å²) in [5.74, 6) is 0.848. The van der Waals surface area contributed by atoms with Crippen LogP contribution in [0.2, 0.25) is 0 Å². The van der Waals surface area contributed by atoms with Crippen LogP contribution in [0.1, 0.15) is 19.3 Å². The van der Waals surface area contributed by atoms with Gasteiger partial charge in [-0.25, -0.2) is 0 Å². The molecule has 1 aliphatic carbocycles. The van der Waals surface area contributed by atoms with E-state index in [0.717, 1.165) is 12.5 Å². The van der Waals surface area contributed by atoms with Gasteiger partial charge in [0.25, 0.3) is 0 Å². The average molecular weight is 188 g/mol. The van der Waals surface area contributed by atoms with E-state index in [0.29, 0.717) is 6.04 Å². The second-order valence-corrected chi connectivity index (χ2v) is 4.39. The van der Waals surface area contributed by atoms with Crippen molar-refractivity contribution in [3.8, 4) is 0 Å². The van der Waals surface area contributed by atoms with Crippen molar-refractivity contribution in [1.29, 1.82) is 0 Å². The van der Waals surface area contributed by atoms with Crippen LogP contribution in [-0.2, 0) is 0 Å². The smallest absolute Gasteiger partial charge is 0.0749 e. The van der Waals surface area contributed by atoms with Crippen molar-refractivity contribution in [1.82, 2.24) is 5.32 Å². The lowest BCUT2D eigenvalue weighted by Gasteiger charge is -2.35. The molecule has 0 radical (unpaired) electrons. The van der Waals surface area contributed by atoms with Crippen molar-refractivity contribution in [2.24, 2.45) is 10.9 Å². The largest absolute Gasteiger partial charge is 0.313 e. The Labute approximate surface area is 84.8 Å². The summed E-state index contributed by atoms with van der Waals surface area (Å²) in [6.07, 6.45) is 10.2. The molecule has 0 amide bonds. The van der Waals surface area contributed by atoms with Gasteiger partial charge in [-0.05, 0) is 48.9 Å². The van der Waals surface area contributed by atoms with Crippen LogP contribution in [0.15, 0.2) is 28.3 Å². The number of hydrogen-bond acceptors (Lipinski definition) is 2. The van der Waals surface area contributed by atoms with Crippen molar-refractivity contribution in [3.63, 3.8) is 0 Å². The van der Waals surface area contributed by atoms with E-state index in [1.165, 1.54) is 31.4 Å². The van der Waals surface area contributed by atoms with Crippen molar-refractivity contribution < 1.29 is 0 Å². The molecule has 0 aromatic rings. The van der Waals surface area contributed by atoms with Crippen LogP contribution in [0.4, 0.5) is 0 Å². The summed E-state index contributed by atoms with van der Waals surface area (Å²) in [5, 5.41) is 3.47. The summed E-state index contributed by atoms with van der Waals surface area (Å²) in [6.45, 7) is 2.29. The molecule has 14 heavy (non-hydrogen) atoms. The van der Waals surface area contributed by atoms with Gasteiger partial charge in [0.15, 0.2) is 0 Å². The fourth-order valence-corrected chi connectivity index (χ4v) is 2.88. The molecule has 2 unspecified atom stereocenters. The van der Waals surface area contributed by atoms with Crippen molar-refractivity contribution >= 4 is 6.21 Å². The molecular weight excluding hydrogens is 172 g/mol. The zero-order valence-electron chi connectivity index (χ0n) is 8.37. The van der Waals surface area contributed by atoms with Crippen LogP contribution >= 0.6 is 0 Å². The van der Waals surface area contributed by atoms with E-state index in [9.17, 15) is 0 Å². The average Bonchev–Trinajstić information content (AvgIpc) is 2.29. The minimum atomic E-state index is 0.478. The standard InChI is InChI=1S/C12H16N2/c1-2-10-11-8-13-7-5-9(11)3-4-12(10)14-6-1/h1-2,6,9,12-13H,3-5,7-8H2. The Morgan fingerprint density at radius 1 is 1.29 bits per heavy atom. The molecule has 0 saturated carbocycles. The number of piperidine rings is 1. The number of hydrogen-bond donors (Lipinski definition) is 1. The maximum Gasteiger partial charge on any atom is 0.0749 e. The fourth-order valence-electron chi connectivity index (χ4n) is 2.88. The lowest BCUT2D eigenvalue weighted by Crippen LogP contribution is -2.35. The van der Waals surface area contributed by atoms with Gasteiger partial charge in [-0.15, -0.1) is 0 Å². The van der Waals surface area contributed by atoms with Gasteiger partial charge in [-0.2, -0.15) is 0 Å². The Morgan fingerprint density at radius 3 is 3.29 bits per heavy atom. The first-order chi connectivity index (χ1) is 6.95. The minimum Gasteiger partial charge on any atom is -0.313 e. The molecule has 3 aliphatic rings. The van der Waals surface area contributed by atoms with Gasteiger partial charge in [-0.3, -0.25) is 4.99 Å². The fraction of sp³-hybridized carbons (Fsp3) is 0.583. The number of dihydropyridines is 1. The normalized spacial score (nSPS) is 35.4. The molecule has 0 aromatic heterocycles. The molecule has 2 nitrogen and oxygen atoms in total. The molecule has 0 aromatic carbocycles. The molecule has 2 aliphatic heterocycles. The van der Waals surface area contributed by atoms with E-state index in [2.05, 4.69) is 22.5 Å². The van der Waals surface area contributed by atoms with E-state index in [4.69, 9.17) is 0 Å². The molecular formula is C12H16N2. The summed E-state index contributed by atoms with van der Waals surface area (Å²) >= 11 is 0. The van der Waals surface area contributed by atoms with Gasteiger partial charge in [0.1, 0.15) is 0 Å². The van der Waals surface area contributed by atoms with Crippen LogP contribution in [0.5, 0.6) is 0 Å². The van der Waals surface area contributed by atoms with Crippen LogP contribution < -0.4 is 5.32 Å². The van der Waals surface area contributed by atoms with Crippen LogP contribution in [0.25, 0.3) is 0 Å². The maximum absolute atomic E-state index is 4.55. The lowest BCUT2D eigenvalue weighted by atomic mass is 9.76. The molecule has 1 fully saturated rings. The Morgan fingerprint density at radius 2 is 2.29 bits per heavy atom. The third kappa shape index (κ3) is 1.25. The molecule has 2 heteroatoms. The highest BCUT2D eigenvalue weighted by Gasteiger charge is 2.29. The molecule has 0 spiro atoms. The summed E-state index contributed by atoms with van der Waals surface area (Å²) in [7, 11) is 0. The maximum atomic E-state index is 4.55. The van der Waals surface area contributed by atoms with Gasteiger partial charge >= 0.3 is 0 Å². The van der Waals surface area contributed by atoms with E-state index in [1.807, 2.05) is 6.21 Å². The highest BCUT2D eigenvalue weighted by molar-refractivity contribution is 5.75. The van der Waals surface area contributed by atoms with Gasteiger partial charge in [0.05, 0.1) is 6.04 Å². The summed E-state index contributed by atoms with van der Waals surface area (Å²) in [6, 6.07) is 0.478. The quantitative estimate of drug-likeness (QED) is 0.614. The monoisotopic (exact) mass is 188 g/mol. The summed E-state index contributed by atoms with van der Waals surface area (Å²) in [5.41, 5.74) is 3.15. The SMILES string of the molecule is C1=CC2=C3CNCCC3CCC2N=C1. The van der Waals surface area contributed by atoms with E-state index in [1.54, 1.807) is 5.57 Å². The Bertz CT molecular complexity index is 325. The Kier molecular flexibility index (Phi) is 2.02. The van der Waals surface area contributed by atoms with Crippen molar-refractivity contribution in [2.75, 3.05) is 13.1 Å². The van der Waals surface area contributed by atoms with E-state index in [-0.39, 0.29) is 0 Å². The Hall–Kier alpha value is -0.890. The van der Waals surface area contributed by atoms with E-state index < -0.39 is 0 Å². The van der Waals surface area contributed by atoms with Gasteiger partial charge < -0.3 is 5.32 Å². The van der Waals surface area contributed by atoms with Crippen LogP contribution in [0, 0.1) is 5.92 Å². The summed E-state index contributed by atoms with van der Waals surface area (Å²) in [4.78, 5) is 4.55. The number of nitrogens with zero attached hydrogens (tertiary/aromatic N) is 1. The van der Waals surface area contributed by atoms with E-state index >= 15 is 0 Å². The minimum absolute atomic E-state index is 0.478. The van der Waals surface area contributed by atoms with Crippen LogP contribution in [0.3, 0.4) is 0 Å². The second kappa shape index (κ2) is 3.35. The highest BCUT2D eigenvalue weighted by Crippen LogP contribution is 2.36. The Balaban J connectivity index is 2.00. The molecule has 1 N–H and O–H groups in total. The highest BCUT2D eigenvalue weighted by atomic mass is 14.9. The van der Waals surface area contributed by atoms with Gasteiger partial charge in [0, 0.05) is 12.8 Å². The number of nitrogens with one attached hydrogen (secondary N) is 1. The zero-order chi connectivity index (χ0) is 9.38. The number of rotatable bonds is 0. The number of allylic oxidation sites excluding steroid dienone is 1. The first kappa shape index (κ1) is 8.42. The third-order valence-electron chi connectivity index (χ3n) is 3.62. The molecule has 0 bridgehead atoms. The molecule has 2 atom stereocenters. The zero-order valence-corrected chi connectivity index (χ0v) is 8.37. The number of aliphatic imine (C=N–C) groups is 1. The van der Waals surface area contributed by atoms with Gasteiger partial charge in [0.2, 0.25) is 0 Å². The molecule has 74 valence electrons.